The lowest BCUT2D eigenvalue weighted by Gasteiger charge is -2.36. The van der Waals surface area contributed by atoms with Gasteiger partial charge in [-0.05, 0) is 36.8 Å². The molecule has 1 N–H and O–H groups in total. The van der Waals surface area contributed by atoms with Gasteiger partial charge in [-0.25, -0.2) is 13.2 Å². The molecule has 26 heavy (non-hydrogen) atoms. The van der Waals surface area contributed by atoms with Gasteiger partial charge in [0.15, 0.2) is 0 Å². The largest absolute Gasteiger partial charge is 0.389 e. The highest BCUT2D eigenvalue weighted by Crippen LogP contribution is 2.25. The van der Waals surface area contributed by atoms with E-state index in [-0.39, 0.29) is 5.56 Å². The summed E-state index contributed by atoms with van der Waals surface area (Å²) in [4.78, 5) is 15.7. The predicted octanol–water partition coefficient (Wildman–Crippen LogP) is 3.12. The van der Waals surface area contributed by atoms with Gasteiger partial charge in [0.05, 0.1) is 17.4 Å². The summed E-state index contributed by atoms with van der Waals surface area (Å²) in [5, 5.41) is 9.51. The highest BCUT2D eigenvalue weighted by atomic mass is 19.1. The first-order valence-electron chi connectivity index (χ1n) is 8.33. The normalized spacial score (nSPS) is 15.9. The van der Waals surface area contributed by atoms with E-state index in [2.05, 4.69) is 0 Å². The Morgan fingerprint density at radius 3 is 2.27 bits per heavy atom. The molecule has 7 heteroatoms. The van der Waals surface area contributed by atoms with Crippen molar-refractivity contribution in [1.82, 2.24) is 4.90 Å². The molecule has 1 saturated heterocycles. The Morgan fingerprint density at radius 1 is 1.00 bits per heavy atom. The summed E-state index contributed by atoms with van der Waals surface area (Å²) >= 11 is 0. The van der Waals surface area contributed by atoms with E-state index in [1.807, 2.05) is 0 Å². The topological polar surface area (TPSA) is 43.8 Å². The number of amides is 1. The molecule has 1 heterocycles. The second kappa shape index (κ2) is 7.37. The minimum absolute atomic E-state index is 0.174. The summed E-state index contributed by atoms with van der Waals surface area (Å²) < 4.78 is 41.1. The van der Waals surface area contributed by atoms with Crippen molar-refractivity contribution in [2.24, 2.45) is 0 Å². The summed E-state index contributed by atoms with van der Waals surface area (Å²) in [6.07, 6.45) is -0.751. The molecule has 1 aliphatic heterocycles. The van der Waals surface area contributed by atoms with E-state index in [1.54, 1.807) is 24.0 Å². The first-order valence-corrected chi connectivity index (χ1v) is 8.33. The maximum Gasteiger partial charge on any atom is 0.256 e. The Labute approximate surface area is 149 Å². The van der Waals surface area contributed by atoms with Gasteiger partial charge in [0.2, 0.25) is 0 Å². The number of anilines is 1. The molecule has 1 fully saturated rings. The van der Waals surface area contributed by atoms with E-state index in [0.29, 0.717) is 43.5 Å². The number of carbonyl (C=O) groups is 1. The molecule has 1 atom stereocenters. The second-order valence-corrected chi connectivity index (χ2v) is 6.29. The third-order valence-electron chi connectivity index (χ3n) is 4.52. The maximum absolute atomic E-state index is 14.3. The van der Waals surface area contributed by atoms with Gasteiger partial charge in [-0.15, -0.1) is 0 Å². The zero-order valence-electron chi connectivity index (χ0n) is 14.3. The van der Waals surface area contributed by atoms with Gasteiger partial charge in [0.25, 0.3) is 5.91 Å². The highest BCUT2D eigenvalue weighted by Gasteiger charge is 2.25. The average Bonchev–Trinajstić information content (AvgIpc) is 2.61. The number of hydrogen-bond acceptors (Lipinski definition) is 3. The van der Waals surface area contributed by atoms with E-state index in [0.717, 1.165) is 12.1 Å². The lowest BCUT2D eigenvalue weighted by atomic mass is 10.1. The quantitative estimate of drug-likeness (QED) is 0.910. The molecule has 0 radical (unpaired) electrons. The van der Waals surface area contributed by atoms with Gasteiger partial charge >= 0.3 is 0 Å². The van der Waals surface area contributed by atoms with Crippen molar-refractivity contribution < 1.29 is 23.1 Å². The standard InChI is InChI=1S/C19H19F3N2O2/c1-12(25)13-2-5-18(17(22)10-13)23-6-8-24(9-7-23)19(26)15-4-3-14(20)11-16(15)21/h2-5,10-12,25H,6-9H2,1H3/t12-/m1/s1. The maximum atomic E-state index is 14.3. The van der Waals surface area contributed by atoms with Crippen LogP contribution in [0.4, 0.5) is 18.9 Å². The van der Waals surface area contributed by atoms with Crippen LogP contribution in [0.1, 0.15) is 28.9 Å². The summed E-state index contributed by atoms with van der Waals surface area (Å²) in [7, 11) is 0. The van der Waals surface area contributed by atoms with Crippen LogP contribution in [0.25, 0.3) is 0 Å². The van der Waals surface area contributed by atoms with E-state index in [4.69, 9.17) is 0 Å². The molecule has 1 aliphatic rings. The van der Waals surface area contributed by atoms with Crippen molar-refractivity contribution in [2.45, 2.75) is 13.0 Å². The zero-order chi connectivity index (χ0) is 18.8. The zero-order valence-corrected chi connectivity index (χ0v) is 14.3. The number of hydrogen-bond donors (Lipinski definition) is 1. The van der Waals surface area contributed by atoms with Gasteiger partial charge in [-0.3, -0.25) is 4.79 Å². The van der Waals surface area contributed by atoms with Gasteiger partial charge in [0, 0.05) is 32.2 Å². The predicted molar refractivity (Wildman–Crippen MR) is 91.5 cm³/mol. The van der Waals surface area contributed by atoms with Crippen molar-refractivity contribution >= 4 is 11.6 Å². The summed E-state index contributed by atoms with van der Waals surface area (Å²) in [6.45, 7) is 2.94. The molecule has 2 aromatic rings. The van der Waals surface area contributed by atoms with Crippen LogP contribution in [0.15, 0.2) is 36.4 Å². The van der Waals surface area contributed by atoms with Crippen molar-refractivity contribution in [3.8, 4) is 0 Å². The fraction of sp³-hybridized carbons (Fsp3) is 0.316. The number of nitrogens with zero attached hydrogens (tertiary/aromatic N) is 2. The molecule has 0 spiro atoms. The smallest absolute Gasteiger partial charge is 0.256 e. The summed E-state index contributed by atoms with van der Waals surface area (Å²) in [6, 6.07) is 7.43. The lowest BCUT2D eigenvalue weighted by molar-refractivity contribution is 0.0742. The number of rotatable bonds is 3. The third kappa shape index (κ3) is 3.67. The third-order valence-corrected chi connectivity index (χ3v) is 4.52. The molecule has 0 unspecified atom stereocenters. The SMILES string of the molecule is C[C@@H](O)c1ccc(N2CCN(C(=O)c3ccc(F)cc3F)CC2)c(F)c1. The monoisotopic (exact) mass is 364 g/mol. The minimum Gasteiger partial charge on any atom is -0.389 e. The van der Waals surface area contributed by atoms with E-state index >= 15 is 0 Å². The molecule has 0 bridgehead atoms. The number of piperazine rings is 1. The van der Waals surface area contributed by atoms with Crippen molar-refractivity contribution in [3.63, 3.8) is 0 Å². The number of carbonyl (C=O) groups excluding carboxylic acids is 1. The van der Waals surface area contributed by atoms with E-state index < -0.39 is 29.5 Å². The molecule has 1 amide bonds. The molecular formula is C19H19F3N2O2. The van der Waals surface area contributed by atoms with Gasteiger partial charge < -0.3 is 14.9 Å². The molecule has 4 nitrogen and oxygen atoms in total. The number of benzene rings is 2. The van der Waals surface area contributed by atoms with Gasteiger partial charge in [0.1, 0.15) is 17.5 Å². The second-order valence-electron chi connectivity index (χ2n) is 6.29. The van der Waals surface area contributed by atoms with Crippen LogP contribution in [-0.2, 0) is 0 Å². The van der Waals surface area contributed by atoms with Crippen LogP contribution < -0.4 is 4.90 Å². The van der Waals surface area contributed by atoms with E-state index in [1.165, 1.54) is 11.0 Å². The van der Waals surface area contributed by atoms with Crippen molar-refractivity contribution in [1.29, 1.82) is 0 Å². The fourth-order valence-corrected chi connectivity index (χ4v) is 3.02. The molecule has 138 valence electrons. The van der Waals surface area contributed by atoms with Crippen LogP contribution in [0.5, 0.6) is 0 Å². The average molecular weight is 364 g/mol. The molecule has 0 aromatic heterocycles. The summed E-state index contributed by atoms with van der Waals surface area (Å²) in [5.74, 6) is -2.57. The first-order chi connectivity index (χ1) is 12.4. The molecular weight excluding hydrogens is 345 g/mol. The molecule has 2 aromatic carbocycles. The first kappa shape index (κ1) is 18.3. The minimum atomic E-state index is -0.891. The molecule has 3 rings (SSSR count). The van der Waals surface area contributed by atoms with Crippen LogP contribution in [0.2, 0.25) is 0 Å². The van der Waals surface area contributed by atoms with Gasteiger partial charge in [-0.2, -0.15) is 0 Å². The Bertz CT molecular complexity index is 818. The van der Waals surface area contributed by atoms with E-state index in [9.17, 15) is 23.1 Å². The Balaban J connectivity index is 1.68. The molecule has 0 aliphatic carbocycles. The Kier molecular flexibility index (Phi) is 5.18. The van der Waals surface area contributed by atoms with Crippen LogP contribution >= 0.6 is 0 Å². The Hall–Kier alpha value is -2.54. The highest BCUT2D eigenvalue weighted by molar-refractivity contribution is 5.94. The van der Waals surface area contributed by atoms with Crippen molar-refractivity contribution in [3.05, 3.63) is 65.0 Å². The number of aliphatic hydroxyl groups excluding tert-OH is 1. The number of aliphatic hydroxyl groups is 1. The Morgan fingerprint density at radius 2 is 1.69 bits per heavy atom. The van der Waals surface area contributed by atoms with Gasteiger partial charge in [-0.1, -0.05) is 6.07 Å². The lowest BCUT2D eigenvalue weighted by Crippen LogP contribution is -2.49. The van der Waals surface area contributed by atoms with Crippen molar-refractivity contribution in [2.75, 3.05) is 31.1 Å². The number of halogens is 3. The molecule has 0 saturated carbocycles. The van der Waals surface area contributed by atoms with Crippen LogP contribution in [0.3, 0.4) is 0 Å². The summed E-state index contributed by atoms with van der Waals surface area (Å²) in [5.41, 5.74) is 0.716. The van der Waals surface area contributed by atoms with Crippen LogP contribution in [-0.4, -0.2) is 42.1 Å². The van der Waals surface area contributed by atoms with Crippen LogP contribution in [0, 0.1) is 17.5 Å². The fourth-order valence-electron chi connectivity index (χ4n) is 3.02.